The minimum Gasteiger partial charge on any atom is -0.468 e. The zero-order chi connectivity index (χ0) is 17.9. The first kappa shape index (κ1) is 16.8. The Bertz CT molecular complexity index is 899. The first-order valence-corrected chi connectivity index (χ1v) is 9.14. The van der Waals surface area contributed by atoms with Crippen LogP contribution in [-0.4, -0.2) is 35.4 Å². The Labute approximate surface area is 153 Å². The molecule has 5 heteroatoms. The van der Waals surface area contributed by atoms with Gasteiger partial charge in [0.1, 0.15) is 5.76 Å². The Morgan fingerprint density at radius 2 is 2.04 bits per heavy atom. The molecule has 1 aliphatic rings. The summed E-state index contributed by atoms with van der Waals surface area (Å²) in [7, 11) is 0. The van der Waals surface area contributed by atoms with E-state index in [9.17, 15) is 4.79 Å². The Hall–Kier alpha value is -2.66. The van der Waals surface area contributed by atoms with Crippen molar-refractivity contribution in [1.29, 1.82) is 0 Å². The van der Waals surface area contributed by atoms with E-state index in [1.54, 1.807) is 6.26 Å². The molecule has 0 aliphatic carbocycles. The molecule has 1 saturated heterocycles. The molecule has 3 aromatic rings. The molecule has 0 bridgehead atoms. The fourth-order valence-electron chi connectivity index (χ4n) is 3.72. The van der Waals surface area contributed by atoms with Gasteiger partial charge in [-0.1, -0.05) is 18.2 Å². The van der Waals surface area contributed by atoms with Crippen molar-refractivity contribution < 1.29 is 9.21 Å². The van der Waals surface area contributed by atoms with E-state index in [4.69, 9.17) is 4.42 Å². The summed E-state index contributed by atoms with van der Waals surface area (Å²) in [6, 6.07) is 13.6. The molecule has 3 heterocycles. The highest BCUT2D eigenvalue weighted by Gasteiger charge is 2.26. The van der Waals surface area contributed by atoms with Crippen molar-refractivity contribution >= 4 is 16.8 Å². The van der Waals surface area contributed by atoms with Crippen molar-refractivity contribution in [2.45, 2.75) is 25.8 Å². The van der Waals surface area contributed by atoms with Gasteiger partial charge in [0.15, 0.2) is 0 Å². The summed E-state index contributed by atoms with van der Waals surface area (Å²) < 4.78 is 5.63. The summed E-state index contributed by atoms with van der Waals surface area (Å²) in [4.78, 5) is 19.8. The van der Waals surface area contributed by atoms with Crippen LogP contribution in [0.25, 0.3) is 10.9 Å². The number of para-hydroxylation sites is 1. The number of hydrogen-bond acceptors (Lipinski definition) is 4. The molecule has 0 radical (unpaired) electrons. The molecule has 1 amide bonds. The third kappa shape index (κ3) is 3.35. The lowest BCUT2D eigenvalue weighted by atomic mass is 10.1. The molecule has 1 aliphatic heterocycles. The maximum absolute atomic E-state index is 12.9. The molecular formula is C21H23N3O2. The second-order valence-electron chi connectivity index (χ2n) is 6.81. The van der Waals surface area contributed by atoms with Crippen LogP contribution in [0.3, 0.4) is 0 Å². The van der Waals surface area contributed by atoms with Gasteiger partial charge in [-0.15, -0.1) is 0 Å². The van der Waals surface area contributed by atoms with Gasteiger partial charge in [0.05, 0.1) is 23.4 Å². The zero-order valence-corrected chi connectivity index (χ0v) is 14.9. The van der Waals surface area contributed by atoms with Crippen molar-refractivity contribution in [2.24, 2.45) is 0 Å². The van der Waals surface area contributed by atoms with Crippen molar-refractivity contribution in [3.05, 3.63) is 65.7 Å². The van der Waals surface area contributed by atoms with Gasteiger partial charge in [0.25, 0.3) is 5.91 Å². The van der Waals surface area contributed by atoms with E-state index >= 15 is 0 Å². The fourth-order valence-corrected chi connectivity index (χ4v) is 3.72. The number of nitrogens with one attached hydrogen (secondary N) is 1. The highest BCUT2D eigenvalue weighted by atomic mass is 16.3. The first-order chi connectivity index (χ1) is 12.7. The van der Waals surface area contributed by atoms with Crippen LogP contribution in [0.4, 0.5) is 0 Å². The van der Waals surface area contributed by atoms with Crippen LogP contribution in [-0.2, 0) is 0 Å². The summed E-state index contributed by atoms with van der Waals surface area (Å²) in [6.07, 6.45) is 4.08. The van der Waals surface area contributed by atoms with Crippen LogP contribution < -0.4 is 5.32 Å². The van der Waals surface area contributed by atoms with Gasteiger partial charge in [0, 0.05) is 17.6 Å². The van der Waals surface area contributed by atoms with Crippen LogP contribution >= 0.6 is 0 Å². The van der Waals surface area contributed by atoms with Crippen molar-refractivity contribution in [2.75, 3.05) is 19.6 Å². The van der Waals surface area contributed by atoms with Gasteiger partial charge < -0.3 is 9.73 Å². The van der Waals surface area contributed by atoms with Crippen LogP contribution in [0.15, 0.2) is 53.1 Å². The zero-order valence-electron chi connectivity index (χ0n) is 14.9. The smallest absolute Gasteiger partial charge is 0.252 e. The summed E-state index contributed by atoms with van der Waals surface area (Å²) >= 11 is 0. The minimum absolute atomic E-state index is 0.0672. The number of amides is 1. The number of hydrogen-bond donors (Lipinski definition) is 1. The van der Waals surface area contributed by atoms with Crippen molar-refractivity contribution in [3.8, 4) is 0 Å². The number of carbonyl (C=O) groups is 1. The third-order valence-corrected chi connectivity index (χ3v) is 5.00. The topological polar surface area (TPSA) is 58.4 Å². The Morgan fingerprint density at radius 1 is 1.23 bits per heavy atom. The number of rotatable bonds is 5. The SMILES string of the molecule is Cc1cc(C(=O)NC[C@@H](c2ccco2)N2CCCC2)c2ccccc2n1. The molecule has 0 saturated carbocycles. The van der Waals surface area contributed by atoms with E-state index in [2.05, 4.69) is 15.2 Å². The van der Waals surface area contributed by atoms with Crippen molar-refractivity contribution in [1.82, 2.24) is 15.2 Å². The molecule has 0 unspecified atom stereocenters. The van der Waals surface area contributed by atoms with Gasteiger partial charge in [-0.25, -0.2) is 0 Å². The lowest BCUT2D eigenvalue weighted by Crippen LogP contribution is -2.36. The predicted octanol–water partition coefficient (Wildman–Crippen LogP) is 3.70. The number of nitrogens with zero attached hydrogens (tertiary/aromatic N) is 2. The number of aromatic nitrogens is 1. The summed E-state index contributed by atoms with van der Waals surface area (Å²) in [6.45, 7) is 4.53. The molecule has 4 rings (SSSR count). The fraction of sp³-hybridized carbons (Fsp3) is 0.333. The van der Waals surface area contributed by atoms with E-state index < -0.39 is 0 Å². The van der Waals surface area contributed by atoms with Gasteiger partial charge in [-0.2, -0.15) is 0 Å². The Balaban J connectivity index is 1.56. The molecule has 2 aromatic heterocycles. The van der Waals surface area contributed by atoms with E-state index in [0.29, 0.717) is 12.1 Å². The van der Waals surface area contributed by atoms with E-state index in [1.165, 1.54) is 12.8 Å². The molecule has 134 valence electrons. The highest BCUT2D eigenvalue weighted by Crippen LogP contribution is 2.25. The monoisotopic (exact) mass is 349 g/mol. The number of carbonyl (C=O) groups excluding carboxylic acids is 1. The number of likely N-dealkylation sites (tertiary alicyclic amines) is 1. The molecule has 26 heavy (non-hydrogen) atoms. The maximum atomic E-state index is 12.9. The number of benzene rings is 1. The summed E-state index contributed by atoms with van der Waals surface area (Å²) in [5, 5.41) is 4.00. The second-order valence-corrected chi connectivity index (χ2v) is 6.81. The molecule has 1 atom stereocenters. The number of furan rings is 1. The molecule has 1 fully saturated rings. The quantitative estimate of drug-likeness (QED) is 0.763. The van der Waals surface area contributed by atoms with Crippen LogP contribution in [0.5, 0.6) is 0 Å². The van der Waals surface area contributed by atoms with Gasteiger partial charge >= 0.3 is 0 Å². The average Bonchev–Trinajstić information content (AvgIpc) is 3.35. The second kappa shape index (κ2) is 7.30. The summed E-state index contributed by atoms with van der Waals surface area (Å²) in [5.74, 6) is 0.838. The Morgan fingerprint density at radius 3 is 2.81 bits per heavy atom. The Kier molecular flexibility index (Phi) is 4.71. The van der Waals surface area contributed by atoms with E-state index in [-0.39, 0.29) is 11.9 Å². The van der Waals surface area contributed by atoms with E-state index in [1.807, 2.05) is 49.4 Å². The lowest BCUT2D eigenvalue weighted by Gasteiger charge is -2.26. The van der Waals surface area contributed by atoms with Crippen LogP contribution in [0.1, 0.15) is 40.7 Å². The van der Waals surface area contributed by atoms with Crippen LogP contribution in [0.2, 0.25) is 0 Å². The predicted molar refractivity (Wildman–Crippen MR) is 101 cm³/mol. The molecule has 5 nitrogen and oxygen atoms in total. The number of pyridine rings is 1. The van der Waals surface area contributed by atoms with Gasteiger partial charge in [0.2, 0.25) is 0 Å². The largest absolute Gasteiger partial charge is 0.468 e. The molecular weight excluding hydrogens is 326 g/mol. The third-order valence-electron chi connectivity index (χ3n) is 5.00. The molecule has 1 aromatic carbocycles. The molecule has 1 N–H and O–H groups in total. The minimum atomic E-state index is -0.0672. The normalized spacial score (nSPS) is 16.0. The lowest BCUT2D eigenvalue weighted by molar-refractivity contribution is 0.0935. The number of fused-ring (bicyclic) bond motifs is 1. The highest BCUT2D eigenvalue weighted by molar-refractivity contribution is 6.06. The van der Waals surface area contributed by atoms with Gasteiger partial charge in [-0.05, 0) is 57.1 Å². The average molecular weight is 349 g/mol. The van der Waals surface area contributed by atoms with Crippen molar-refractivity contribution in [3.63, 3.8) is 0 Å². The first-order valence-electron chi connectivity index (χ1n) is 9.14. The summed E-state index contributed by atoms with van der Waals surface area (Å²) in [5.41, 5.74) is 2.36. The molecule has 0 spiro atoms. The standard InChI is InChI=1S/C21H23N3O2/c1-15-13-17(16-7-2-3-8-18(16)23-15)21(25)22-14-19(20-9-6-12-26-20)24-10-4-5-11-24/h2-3,6-9,12-13,19H,4-5,10-11,14H2,1H3,(H,22,25)/t19-/m0/s1. The van der Waals surface area contributed by atoms with Crippen LogP contribution in [0, 0.1) is 6.92 Å². The number of aryl methyl sites for hydroxylation is 1. The van der Waals surface area contributed by atoms with Gasteiger partial charge in [-0.3, -0.25) is 14.7 Å². The van der Waals surface area contributed by atoms with E-state index in [0.717, 1.165) is 35.4 Å². The maximum Gasteiger partial charge on any atom is 0.252 e.